The summed E-state index contributed by atoms with van der Waals surface area (Å²) in [5.41, 5.74) is 4.14. The molecule has 2 aromatic heterocycles. The first-order valence-electron chi connectivity index (χ1n) is 13.5. The molecule has 38 heavy (non-hydrogen) atoms. The minimum Gasteiger partial charge on any atom is -0.354 e. The molecule has 1 unspecified atom stereocenters. The van der Waals surface area contributed by atoms with E-state index in [4.69, 9.17) is 9.97 Å². The maximum absolute atomic E-state index is 12.7. The molecule has 9 nitrogen and oxygen atoms in total. The van der Waals surface area contributed by atoms with Crippen LogP contribution in [0.1, 0.15) is 48.0 Å². The molecular weight excluding hydrogens is 476 g/mol. The zero-order valence-corrected chi connectivity index (χ0v) is 21.9. The summed E-state index contributed by atoms with van der Waals surface area (Å²) >= 11 is 0. The minimum atomic E-state index is -0.0421. The van der Waals surface area contributed by atoms with Crippen molar-refractivity contribution in [2.75, 3.05) is 30.8 Å². The fourth-order valence-electron chi connectivity index (χ4n) is 5.06. The highest BCUT2D eigenvalue weighted by Crippen LogP contribution is 2.29. The van der Waals surface area contributed by atoms with Gasteiger partial charge in [0.2, 0.25) is 5.95 Å². The molecule has 0 bridgehead atoms. The molecule has 3 N–H and O–H groups in total. The molecule has 2 fully saturated rings. The van der Waals surface area contributed by atoms with Gasteiger partial charge >= 0.3 is 0 Å². The average Bonchev–Trinajstić information content (AvgIpc) is 3.48. The second kappa shape index (κ2) is 10.4. The summed E-state index contributed by atoms with van der Waals surface area (Å²) in [6.07, 6.45) is 7.43. The summed E-state index contributed by atoms with van der Waals surface area (Å²) in [7, 11) is 2.20. The van der Waals surface area contributed by atoms with Gasteiger partial charge in [0.05, 0.1) is 17.3 Å². The lowest BCUT2D eigenvalue weighted by molar-refractivity contribution is 0.0951. The number of nitrogens with one attached hydrogen (secondary N) is 3. The second-order valence-electron chi connectivity index (χ2n) is 10.4. The Morgan fingerprint density at radius 1 is 1.08 bits per heavy atom. The SMILES string of the molecule is Cc1ccc(C(=O)NC2CC2)cc1Nc1nc(NCCC2CCCN2C)nc2c1cnn2-c1ccccc1. The highest BCUT2D eigenvalue weighted by Gasteiger charge is 2.24. The number of benzene rings is 2. The lowest BCUT2D eigenvalue weighted by atomic mass is 10.1. The molecule has 1 aliphatic carbocycles. The Labute approximate surface area is 222 Å². The maximum atomic E-state index is 12.7. The first-order chi connectivity index (χ1) is 18.5. The number of fused-ring (bicyclic) bond motifs is 1. The molecule has 3 heterocycles. The van der Waals surface area contributed by atoms with Gasteiger partial charge in [0, 0.05) is 29.9 Å². The molecule has 1 aliphatic heterocycles. The molecule has 6 rings (SSSR count). The minimum absolute atomic E-state index is 0.0421. The smallest absolute Gasteiger partial charge is 0.251 e. The molecule has 2 aromatic carbocycles. The summed E-state index contributed by atoms with van der Waals surface area (Å²) in [6, 6.07) is 16.6. The third-order valence-electron chi connectivity index (χ3n) is 7.53. The number of anilines is 3. The summed E-state index contributed by atoms with van der Waals surface area (Å²) in [5, 5.41) is 15.5. The first-order valence-corrected chi connectivity index (χ1v) is 13.5. The predicted molar refractivity (Wildman–Crippen MR) is 150 cm³/mol. The van der Waals surface area contributed by atoms with Crippen molar-refractivity contribution in [2.45, 2.75) is 51.1 Å². The van der Waals surface area contributed by atoms with Crippen LogP contribution in [0.25, 0.3) is 16.7 Å². The van der Waals surface area contributed by atoms with Gasteiger partial charge in [0.15, 0.2) is 5.65 Å². The van der Waals surface area contributed by atoms with Crippen LogP contribution in [0.5, 0.6) is 0 Å². The molecule has 196 valence electrons. The van der Waals surface area contributed by atoms with Crippen LogP contribution >= 0.6 is 0 Å². The van der Waals surface area contributed by atoms with Crippen LogP contribution in [0.2, 0.25) is 0 Å². The molecule has 0 radical (unpaired) electrons. The number of amides is 1. The first kappa shape index (κ1) is 24.4. The van der Waals surface area contributed by atoms with Gasteiger partial charge in [-0.1, -0.05) is 24.3 Å². The van der Waals surface area contributed by atoms with E-state index in [0.717, 1.165) is 60.3 Å². The molecule has 4 aromatic rings. The van der Waals surface area contributed by atoms with Gasteiger partial charge in [-0.15, -0.1) is 0 Å². The Kier molecular flexibility index (Phi) is 6.68. The van der Waals surface area contributed by atoms with Gasteiger partial charge in [0.25, 0.3) is 5.91 Å². The molecule has 1 saturated carbocycles. The third kappa shape index (κ3) is 5.19. The molecule has 9 heteroatoms. The van der Waals surface area contributed by atoms with Crippen LogP contribution in [0, 0.1) is 6.92 Å². The number of aromatic nitrogens is 4. The van der Waals surface area contributed by atoms with Crippen molar-refractivity contribution < 1.29 is 4.79 Å². The average molecular weight is 511 g/mol. The van der Waals surface area contributed by atoms with E-state index < -0.39 is 0 Å². The number of carbonyl (C=O) groups is 1. The highest BCUT2D eigenvalue weighted by molar-refractivity contribution is 5.96. The molecule has 1 atom stereocenters. The Morgan fingerprint density at radius 3 is 2.68 bits per heavy atom. The molecular formula is C29H34N8O. The normalized spacial score (nSPS) is 17.6. The summed E-state index contributed by atoms with van der Waals surface area (Å²) in [5.74, 6) is 1.17. The van der Waals surface area contributed by atoms with Crippen molar-refractivity contribution >= 4 is 34.4 Å². The molecule has 0 spiro atoms. The number of para-hydroxylation sites is 1. The van der Waals surface area contributed by atoms with Crippen molar-refractivity contribution in [3.63, 3.8) is 0 Å². The predicted octanol–water partition coefficient (Wildman–Crippen LogP) is 4.66. The number of hydrogen-bond donors (Lipinski definition) is 3. The summed E-state index contributed by atoms with van der Waals surface area (Å²) in [4.78, 5) is 24.9. The monoisotopic (exact) mass is 510 g/mol. The van der Waals surface area contributed by atoms with E-state index in [0.29, 0.717) is 29.4 Å². The van der Waals surface area contributed by atoms with E-state index in [1.165, 1.54) is 12.8 Å². The number of likely N-dealkylation sites (tertiary alicyclic amines) is 1. The topological polar surface area (TPSA) is 100 Å². The van der Waals surface area contributed by atoms with E-state index in [1.807, 2.05) is 60.1 Å². The van der Waals surface area contributed by atoms with E-state index in [9.17, 15) is 4.79 Å². The number of aryl methyl sites for hydroxylation is 1. The van der Waals surface area contributed by atoms with Gasteiger partial charge in [0.1, 0.15) is 5.82 Å². The number of rotatable bonds is 9. The maximum Gasteiger partial charge on any atom is 0.251 e. The van der Waals surface area contributed by atoms with Crippen LogP contribution in [-0.4, -0.2) is 62.8 Å². The second-order valence-corrected chi connectivity index (χ2v) is 10.4. The van der Waals surface area contributed by atoms with Crippen LogP contribution < -0.4 is 16.0 Å². The van der Waals surface area contributed by atoms with Gasteiger partial charge in [-0.25, -0.2) is 4.68 Å². The number of hydrogen-bond acceptors (Lipinski definition) is 7. The Morgan fingerprint density at radius 2 is 1.92 bits per heavy atom. The van der Waals surface area contributed by atoms with E-state index in [1.54, 1.807) is 6.20 Å². The van der Waals surface area contributed by atoms with Crippen molar-refractivity contribution in [2.24, 2.45) is 0 Å². The quantitative estimate of drug-likeness (QED) is 0.301. The van der Waals surface area contributed by atoms with Crippen LogP contribution in [0.4, 0.5) is 17.5 Å². The van der Waals surface area contributed by atoms with E-state index in [2.05, 4.69) is 33.0 Å². The fraction of sp³-hybridized carbons (Fsp3) is 0.379. The van der Waals surface area contributed by atoms with Gasteiger partial charge in [-0.05, 0) is 82.4 Å². The van der Waals surface area contributed by atoms with Crippen LogP contribution in [0.3, 0.4) is 0 Å². The van der Waals surface area contributed by atoms with Crippen LogP contribution in [-0.2, 0) is 0 Å². The van der Waals surface area contributed by atoms with Crippen molar-refractivity contribution in [1.82, 2.24) is 30.0 Å². The van der Waals surface area contributed by atoms with Gasteiger partial charge < -0.3 is 20.9 Å². The summed E-state index contributed by atoms with van der Waals surface area (Å²) in [6.45, 7) is 3.97. The molecule has 2 aliphatic rings. The lowest BCUT2D eigenvalue weighted by Crippen LogP contribution is -2.27. The number of carbonyl (C=O) groups excluding carboxylic acids is 1. The van der Waals surface area contributed by atoms with Gasteiger partial charge in [-0.2, -0.15) is 15.1 Å². The zero-order valence-electron chi connectivity index (χ0n) is 21.9. The van der Waals surface area contributed by atoms with E-state index >= 15 is 0 Å². The van der Waals surface area contributed by atoms with E-state index in [-0.39, 0.29) is 5.91 Å². The van der Waals surface area contributed by atoms with Crippen molar-refractivity contribution in [3.8, 4) is 5.69 Å². The van der Waals surface area contributed by atoms with Gasteiger partial charge in [-0.3, -0.25) is 4.79 Å². The Balaban J connectivity index is 1.32. The van der Waals surface area contributed by atoms with Crippen molar-refractivity contribution in [1.29, 1.82) is 0 Å². The Bertz CT molecular complexity index is 1450. The van der Waals surface area contributed by atoms with Crippen LogP contribution in [0.15, 0.2) is 54.7 Å². The number of nitrogens with zero attached hydrogens (tertiary/aromatic N) is 5. The standard InChI is InChI=1S/C29H34N8O/c1-19-10-11-20(28(38)32-21-12-13-21)17-25(19)33-26-24-18-31-37(23-7-4-3-5-8-23)27(24)35-29(34-26)30-15-14-22-9-6-16-36(22)2/h3-5,7-8,10-11,17-18,21-22H,6,9,12-16H2,1-2H3,(H,32,38)(H2,30,33,34,35). The highest BCUT2D eigenvalue weighted by atomic mass is 16.1. The molecule has 1 saturated heterocycles. The largest absolute Gasteiger partial charge is 0.354 e. The summed E-state index contributed by atoms with van der Waals surface area (Å²) < 4.78 is 1.84. The lowest BCUT2D eigenvalue weighted by Gasteiger charge is -2.19. The zero-order chi connectivity index (χ0) is 26.1. The van der Waals surface area contributed by atoms with Crippen molar-refractivity contribution in [3.05, 3.63) is 65.9 Å². The Hall–Kier alpha value is -3.98. The molecule has 1 amide bonds. The third-order valence-corrected chi connectivity index (χ3v) is 7.53. The fourth-order valence-corrected chi connectivity index (χ4v) is 5.06.